The molecule has 0 spiro atoms. The summed E-state index contributed by atoms with van der Waals surface area (Å²) in [6.45, 7) is 7.85. The van der Waals surface area contributed by atoms with Gasteiger partial charge in [0.2, 0.25) is 11.0 Å². The number of carbonyl (C=O) groups is 1. The number of nitriles is 1. The molecule has 3 fully saturated rings. The molecule has 3 N–H and O–H groups in total. The van der Waals surface area contributed by atoms with Crippen LogP contribution >= 0.6 is 11.3 Å². The Labute approximate surface area is 254 Å². The molecule has 0 aromatic carbocycles. The van der Waals surface area contributed by atoms with Crippen molar-refractivity contribution in [1.29, 1.82) is 5.26 Å². The fourth-order valence-electron chi connectivity index (χ4n) is 6.88. The topological polar surface area (TPSA) is 136 Å². The summed E-state index contributed by atoms with van der Waals surface area (Å²) in [7, 11) is 0. The van der Waals surface area contributed by atoms with E-state index in [-0.39, 0.29) is 23.9 Å². The Balaban J connectivity index is 1.10. The molecule has 2 saturated heterocycles. The van der Waals surface area contributed by atoms with E-state index in [9.17, 15) is 10.1 Å². The summed E-state index contributed by atoms with van der Waals surface area (Å²) < 4.78 is 1.80. The highest BCUT2D eigenvalue weighted by Crippen LogP contribution is 2.41. The van der Waals surface area contributed by atoms with E-state index < -0.39 is 0 Å². The van der Waals surface area contributed by atoms with E-state index in [1.807, 2.05) is 30.5 Å². The smallest absolute Gasteiger partial charge is 0.223 e. The molecule has 3 aliphatic rings. The van der Waals surface area contributed by atoms with Crippen LogP contribution in [-0.4, -0.2) is 69.0 Å². The molecule has 3 atom stereocenters. The van der Waals surface area contributed by atoms with Crippen LogP contribution in [0, 0.1) is 29.1 Å². The molecule has 0 radical (unpaired) electrons. The Morgan fingerprint density at radius 2 is 1.88 bits per heavy atom. The van der Waals surface area contributed by atoms with Crippen LogP contribution in [0.4, 0.5) is 10.8 Å². The van der Waals surface area contributed by atoms with Gasteiger partial charge in [0.25, 0.3) is 0 Å². The summed E-state index contributed by atoms with van der Waals surface area (Å²) in [4.78, 5) is 20.2. The van der Waals surface area contributed by atoms with Crippen LogP contribution in [0.25, 0.3) is 27.5 Å². The zero-order valence-electron chi connectivity index (χ0n) is 24.5. The van der Waals surface area contributed by atoms with E-state index in [1.54, 1.807) is 22.0 Å². The van der Waals surface area contributed by atoms with Gasteiger partial charge in [-0.1, -0.05) is 11.3 Å². The Morgan fingerprint density at radius 1 is 1.09 bits per heavy atom. The number of anilines is 2. The van der Waals surface area contributed by atoms with E-state index in [4.69, 9.17) is 4.98 Å². The van der Waals surface area contributed by atoms with Crippen LogP contribution in [-0.2, 0) is 4.79 Å². The molecule has 1 saturated carbocycles. The highest BCUT2D eigenvalue weighted by molar-refractivity contribution is 7.18. The summed E-state index contributed by atoms with van der Waals surface area (Å²) in [6, 6.07) is 10.4. The van der Waals surface area contributed by atoms with Crippen LogP contribution in [0.1, 0.15) is 45.1 Å². The molecular weight excluding hydrogens is 560 g/mol. The largest absolute Gasteiger partial charge is 0.382 e. The Kier molecular flexibility index (Phi) is 7.44. The second-order valence-corrected chi connectivity index (χ2v) is 13.2. The van der Waals surface area contributed by atoms with Crippen molar-refractivity contribution >= 4 is 33.6 Å². The number of aromatic nitrogens is 5. The number of pyridine rings is 1. The van der Waals surface area contributed by atoms with Crippen LogP contribution in [0.3, 0.4) is 0 Å². The summed E-state index contributed by atoms with van der Waals surface area (Å²) in [6.07, 6.45) is 7.56. The van der Waals surface area contributed by atoms with Crippen LogP contribution in [0.15, 0.2) is 36.7 Å². The quantitative estimate of drug-likeness (QED) is 0.290. The Bertz CT molecular complexity index is 1670. The predicted molar refractivity (Wildman–Crippen MR) is 167 cm³/mol. The van der Waals surface area contributed by atoms with Gasteiger partial charge in [0.15, 0.2) is 5.01 Å². The van der Waals surface area contributed by atoms with Gasteiger partial charge in [0, 0.05) is 43.0 Å². The molecule has 4 aromatic rings. The number of carbonyl (C=O) groups excluding carboxylic acids is 1. The number of hydrogen-bond donors (Lipinski definition) is 3. The van der Waals surface area contributed by atoms with E-state index in [0.29, 0.717) is 17.4 Å². The van der Waals surface area contributed by atoms with Crippen molar-refractivity contribution in [2.45, 2.75) is 51.6 Å². The fraction of sp³-hybridized carbons (Fsp3) is 0.484. The molecule has 0 unspecified atom stereocenters. The minimum atomic E-state index is 0.141. The van der Waals surface area contributed by atoms with Gasteiger partial charge in [0.05, 0.1) is 34.2 Å². The van der Waals surface area contributed by atoms with Gasteiger partial charge in [-0.2, -0.15) is 10.4 Å². The third-order valence-electron chi connectivity index (χ3n) is 9.01. The molecule has 43 heavy (non-hydrogen) atoms. The lowest BCUT2D eigenvalue weighted by atomic mass is 9.90. The zero-order chi connectivity index (χ0) is 29.5. The number of piperidine rings is 2. The number of hydrogen-bond acceptors (Lipinski definition) is 10. The molecule has 4 aromatic heterocycles. The first-order valence-corrected chi connectivity index (χ1v) is 16.0. The maximum Gasteiger partial charge on any atom is 0.223 e. The van der Waals surface area contributed by atoms with E-state index in [1.165, 1.54) is 0 Å². The molecule has 6 heterocycles. The van der Waals surface area contributed by atoms with Gasteiger partial charge in [-0.3, -0.25) is 9.78 Å². The number of rotatable bonds is 7. The van der Waals surface area contributed by atoms with Crippen molar-refractivity contribution in [3.05, 3.63) is 42.2 Å². The first-order valence-electron chi connectivity index (χ1n) is 15.2. The number of nitrogens with zero attached hydrogens (tertiary/aromatic N) is 7. The highest BCUT2D eigenvalue weighted by atomic mass is 32.1. The third-order valence-corrected chi connectivity index (χ3v) is 10.0. The first-order chi connectivity index (χ1) is 21.0. The van der Waals surface area contributed by atoms with Crippen molar-refractivity contribution in [2.24, 2.45) is 17.8 Å². The van der Waals surface area contributed by atoms with Crippen LogP contribution in [0.5, 0.6) is 0 Å². The average molecular weight is 597 g/mol. The number of fused-ring (bicyclic) bond motifs is 3. The third kappa shape index (κ3) is 5.43. The monoisotopic (exact) mass is 596 g/mol. The highest BCUT2D eigenvalue weighted by Gasteiger charge is 2.44. The van der Waals surface area contributed by atoms with Gasteiger partial charge in [-0.05, 0) is 88.7 Å². The minimum Gasteiger partial charge on any atom is -0.382 e. The van der Waals surface area contributed by atoms with Crippen molar-refractivity contribution in [3.8, 4) is 28.0 Å². The maximum atomic E-state index is 13.0. The summed E-state index contributed by atoms with van der Waals surface area (Å²) in [5, 5.41) is 35.0. The maximum absolute atomic E-state index is 13.0. The van der Waals surface area contributed by atoms with Crippen molar-refractivity contribution < 1.29 is 4.79 Å². The second-order valence-electron chi connectivity index (χ2n) is 12.3. The SMILES string of the molecule is CC(C)Nc1cc(-c2ccc3cc(C#N)cnn23)ncc1-c1nnc(N2C[C@H]3CC[C@@H](C2)[C@@H]3NC(=O)C2CCNCC2)s1. The predicted octanol–water partition coefficient (Wildman–Crippen LogP) is 3.94. The standard InChI is InChI=1S/C31H36N10OS/c1-18(2)36-25-12-26(27-6-5-23-11-19(13-32)14-35-41(23)27)34-15-24(25)30-38-39-31(43-30)40-16-21-3-4-22(17-40)28(21)37-29(42)20-7-9-33-10-8-20/h5-6,11-12,14-15,18,20-22,28,33H,3-4,7-10,16-17H2,1-2H3,(H,34,36)(H,37,42)/t21-,22+,28-. The minimum absolute atomic E-state index is 0.141. The van der Waals surface area contributed by atoms with Crippen molar-refractivity contribution in [3.63, 3.8) is 0 Å². The van der Waals surface area contributed by atoms with Crippen LogP contribution in [0.2, 0.25) is 0 Å². The van der Waals surface area contributed by atoms with Gasteiger partial charge < -0.3 is 20.9 Å². The molecule has 11 nitrogen and oxygen atoms in total. The van der Waals surface area contributed by atoms with E-state index in [0.717, 1.165) is 90.2 Å². The number of nitrogens with one attached hydrogen (secondary N) is 3. The molecule has 1 amide bonds. The van der Waals surface area contributed by atoms with Crippen molar-refractivity contribution in [2.75, 3.05) is 36.4 Å². The van der Waals surface area contributed by atoms with E-state index in [2.05, 4.69) is 56.1 Å². The Hall–Kier alpha value is -4.08. The second kappa shape index (κ2) is 11.5. The lowest BCUT2D eigenvalue weighted by molar-refractivity contribution is -0.127. The molecule has 1 aliphatic carbocycles. The summed E-state index contributed by atoms with van der Waals surface area (Å²) in [5.74, 6) is 1.25. The lowest BCUT2D eigenvalue weighted by Crippen LogP contribution is -2.54. The van der Waals surface area contributed by atoms with Gasteiger partial charge in [-0.25, -0.2) is 4.52 Å². The normalized spacial score (nSPS) is 22.2. The van der Waals surface area contributed by atoms with Gasteiger partial charge >= 0.3 is 0 Å². The molecule has 2 aliphatic heterocycles. The molecule has 12 heteroatoms. The Morgan fingerprint density at radius 3 is 2.63 bits per heavy atom. The number of amides is 1. The lowest BCUT2D eigenvalue weighted by Gasteiger charge is -2.38. The summed E-state index contributed by atoms with van der Waals surface area (Å²) in [5.41, 5.74) is 4.84. The van der Waals surface area contributed by atoms with Crippen LogP contribution < -0.4 is 20.9 Å². The molecule has 7 rings (SSSR count). The van der Waals surface area contributed by atoms with Crippen molar-refractivity contribution in [1.82, 2.24) is 35.4 Å². The average Bonchev–Trinajstić information content (AvgIpc) is 3.73. The molecular formula is C31H36N10OS. The van der Waals surface area contributed by atoms with Gasteiger partial charge in [0.1, 0.15) is 6.07 Å². The fourth-order valence-corrected chi connectivity index (χ4v) is 7.77. The zero-order valence-corrected chi connectivity index (χ0v) is 25.3. The summed E-state index contributed by atoms with van der Waals surface area (Å²) >= 11 is 1.59. The van der Waals surface area contributed by atoms with E-state index >= 15 is 0 Å². The first kappa shape index (κ1) is 27.7. The molecule has 222 valence electrons. The van der Waals surface area contributed by atoms with Gasteiger partial charge in [-0.15, -0.1) is 10.2 Å². The molecule has 2 bridgehead atoms.